The van der Waals surface area contributed by atoms with Gasteiger partial charge >= 0.3 is 5.97 Å². The van der Waals surface area contributed by atoms with E-state index >= 15 is 0 Å². The third-order valence-electron chi connectivity index (χ3n) is 2.90. The van der Waals surface area contributed by atoms with E-state index in [4.69, 9.17) is 5.11 Å². The molecule has 1 aliphatic rings. The number of aromatic nitrogens is 1. The van der Waals surface area contributed by atoms with Gasteiger partial charge in [0.1, 0.15) is 4.88 Å². The zero-order valence-corrected chi connectivity index (χ0v) is 12.3. The van der Waals surface area contributed by atoms with Crippen molar-refractivity contribution in [3.63, 3.8) is 0 Å². The van der Waals surface area contributed by atoms with Gasteiger partial charge in [0.15, 0.2) is 16.6 Å². The zero-order chi connectivity index (χ0) is 13.8. The standard InChI is InChI=1S/C12H16N2O3S2/c1-7(15)10-9(11(16)17)14-12(19-10)13-6-8-4-2-3-5-18-8/h8H,2-6H2,1H3,(H,13,14)(H,16,17). The minimum atomic E-state index is -1.15. The summed E-state index contributed by atoms with van der Waals surface area (Å²) >= 11 is 3.06. The van der Waals surface area contributed by atoms with E-state index in [1.165, 1.54) is 31.9 Å². The number of rotatable bonds is 5. The van der Waals surface area contributed by atoms with E-state index in [0.717, 1.165) is 17.9 Å². The van der Waals surface area contributed by atoms with Crippen molar-refractivity contribution in [2.45, 2.75) is 31.4 Å². The molecule has 1 aliphatic heterocycles. The third kappa shape index (κ3) is 3.70. The van der Waals surface area contributed by atoms with Crippen LogP contribution in [0.15, 0.2) is 0 Å². The van der Waals surface area contributed by atoms with Crippen LogP contribution in [0.2, 0.25) is 0 Å². The van der Waals surface area contributed by atoms with Crippen LogP contribution in [0.5, 0.6) is 0 Å². The minimum absolute atomic E-state index is 0.142. The molecule has 0 aromatic carbocycles. The molecule has 0 saturated carbocycles. The highest BCUT2D eigenvalue weighted by Crippen LogP contribution is 2.27. The largest absolute Gasteiger partial charge is 0.476 e. The molecule has 0 radical (unpaired) electrons. The number of carboxylic acid groups (broad SMARTS) is 1. The molecule has 1 aromatic rings. The van der Waals surface area contributed by atoms with Crippen LogP contribution in [0.25, 0.3) is 0 Å². The highest BCUT2D eigenvalue weighted by Gasteiger charge is 2.21. The second-order valence-corrected chi connectivity index (χ2v) is 6.83. The Bertz CT molecular complexity index is 450. The highest BCUT2D eigenvalue weighted by molar-refractivity contribution is 7.99. The van der Waals surface area contributed by atoms with Gasteiger partial charge < -0.3 is 10.4 Å². The summed E-state index contributed by atoms with van der Waals surface area (Å²) in [5, 5.41) is 13.2. The summed E-state index contributed by atoms with van der Waals surface area (Å²) in [5.41, 5.74) is -0.142. The van der Waals surface area contributed by atoms with Crippen molar-refractivity contribution >= 4 is 40.0 Å². The number of ketones is 1. The molecule has 19 heavy (non-hydrogen) atoms. The van der Waals surface area contributed by atoms with Crippen molar-refractivity contribution in [1.82, 2.24) is 4.98 Å². The normalized spacial score (nSPS) is 19.1. The predicted molar refractivity (Wildman–Crippen MR) is 77.7 cm³/mol. The molecule has 2 N–H and O–H groups in total. The molecular formula is C12H16N2O3S2. The number of carbonyl (C=O) groups excluding carboxylic acids is 1. The quantitative estimate of drug-likeness (QED) is 0.814. The van der Waals surface area contributed by atoms with Crippen LogP contribution in [-0.2, 0) is 0 Å². The summed E-state index contributed by atoms with van der Waals surface area (Å²) in [5.74, 6) is -0.222. The zero-order valence-electron chi connectivity index (χ0n) is 10.6. The fourth-order valence-electron chi connectivity index (χ4n) is 1.95. The fraction of sp³-hybridized carbons (Fsp3) is 0.583. The van der Waals surface area contributed by atoms with Gasteiger partial charge in [-0.15, -0.1) is 0 Å². The van der Waals surface area contributed by atoms with Gasteiger partial charge in [-0.3, -0.25) is 4.79 Å². The van der Waals surface area contributed by atoms with Crippen LogP contribution in [0.3, 0.4) is 0 Å². The molecule has 0 bridgehead atoms. The summed E-state index contributed by atoms with van der Waals surface area (Å²) in [6.45, 7) is 2.13. The van der Waals surface area contributed by atoms with Crippen LogP contribution in [0.4, 0.5) is 5.13 Å². The molecule has 1 fully saturated rings. The number of carbonyl (C=O) groups is 2. The number of thioether (sulfide) groups is 1. The summed E-state index contributed by atoms with van der Waals surface area (Å²) in [7, 11) is 0. The second-order valence-electron chi connectivity index (χ2n) is 4.43. The first-order valence-electron chi connectivity index (χ1n) is 6.18. The fourth-order valence-corrected chi connectivity index (χ4v) is 4.05. The average molecular weight is 300 g/mol. The Kier molecular flexibility index (Phi) is 4.81. The number of thiazole rings is 1. The number of carboxylic acids is 1. The van der Waals surface area contributed by atoms with E-state index in [9.17, 15) is 9.59 Å². The molecular weight excluding hydrogens is 284 g/mol. The van der Waals surface area contributed by atoms with Gasteiger partial charge in [0.25, 0.3) is 0 Å². The summed E-state index contributed by atoms with van der Waals surface area (Å²) in [4.78, 5) is 26.6. The van der Waals surface area contributed by atoms with Crippen molar-refractivity contribution in [3.8, 4) is 0 Å². The Balaban J connectivity index is 2.02. The minimum Gasteiger partial charge on any atom is -0.476 e. The predicted octanol–water partition coefficient (Wildman–Crippen LogP) is 2.74. The summed E-state index contributed by atoms with van der Waals surface area (Å²) in [6, 6.07) is 0. The summed E-state index contributed by atoms with van der Waals surface area (Å²) < 4.78 is 0. The highest BCUT2D eigenvalue weighted by atomic mass is 32.2. The van der Waals surface area contributed by atoms with E-state index in [0.29, 0.717) is 10.4 Å². The molecule has 1 aromatic heterocycles. The molecule has 7 heteroatoms. The topological polar surface area (TPSA) is 79.3 Å². The van der Waals surface area contributed by atoms with E-state index in [-0.39, 0.29) is 16.4 Å². The van der Waals surface area contributed by atoms with Crippen molar-refractivity contribution in [2.75, 3.05) is 17.6 Å². The van der Waals surface area contributed by atoms with Gasteiger partial charge in [-0.25, -0.2) is 9.78 Å². The molecule has 1 atom stereocenters. The number of nitrogens with one attached hydrogen (secondary N) is 1. The van der Waals surface area contributed by atoms with E-state index in [1.54, 1.807) is 0 Å². The second kappa shape index (κ2) is 6.38. The van der Waals surface area contributed by atoms with Crippen molar-refractivity contribution < 1.29 is 14.7 Å². The van der Waals surface area contributed by atoms with Gasteiger partial charge in [0.2, 0.25) is 0 Å². The number of hydrogen-bond acceptors (Lipinski definition) is 6. The molecule has 0 aliphatic carbocycles. The van der Waals surface area contributed by atoms with Crippen molar-refractivity contribution in [1.29, 1.82) is 0 Å². The molecule has 1 unspecified atom stereocenters. The third-order valence-corrected chi connectivity index (χ3v) is 5.42. The monoisotopic (exact) mass is 300 g/mol. The molecule has 5 nitrogen and oxygen atoms in total. The lowest BCUT2D eigenvalue weighted by Crippen LogP contribution is -2.19. The van der Waals surface area contributed by atoms with E-state index in [1.807, 2.05) is 11.8 Å². The molecule has 0 amide bonds. The van der Waals surface area contributed by atoms with Crippen LogP contribution >= 0.6 is 23.1 Å². The maximum absolute atomic E-state index is 11.4. The maximum Gasteiger partial charge on any atom is 0.356 e. The number of nitrogens with zero attached hydrogens (tertiary/aromatic N) is 1. The van der Waals surface area contributed by atoms with Crippen LogP contribution in [-0.4, -0.2) is 39.4 Å². The molecule has 2 rings (SSSR count). The Morgan fingerprint density at radius 3 is 2.79 bits per heavy atom. The van der Waals surface area contributed by atoms with Crippen LogP contribution in [0, 0.1) is 0 Å². The average Bonchev–Trinajstić information content (AvgIpc) is 2.82. The van der Waals surface area contributed by atoms with Crippen LogP contribution in [0.1, 0.15) is 46.3 Å². The number of Topliss-reactive ketones (excluding diaryl/α,β-unsaturated/α-hetero) is 1. The molecule has 1 saturated heterocycles. The van der Waals surface area contributed by atoms with E-state index in [2.05, 4.69) is 10.3 Å². The lowest BCUT2D eigenvalue weighted by Gasteiger charge is -2.21. The number of anilines is 1. The molecule has 0 spiro atoms. The van der Waals surface area contributed by atoms with Gasteiger partial charge in [-0.2, -0.15) is 11.8 Å². The Labute approximate surface area is 119 Å². The van der Waals surface area contributed by atoms with Gasteiger partial charge in [0, 0.05) is 18.7 Å². The van der Waals surface area contributed by atoms with Gasteiger partial charge in [-0.1, -0.05) is 17.8 Å². The lowest BCUT2D eigenvalue weighted by atomic mass is 10.2. The Hall–Kier alpha value is -1.08. The van der Waals surface area contributed by atoms with Gasteiger partial charge in [0.05, 0.1) is 0 Å². The summed E-state index contributed by atoms with van der Waals surface area (Å²) in [6.07, 6.45) is 3.70. The smallest absolute Gasteiger partial charge is 0.356 e. The molecule has 104 valence electrons. The maximum atomic E-state index is 11.4. The van der Waals surface area contributed by atoms with Crippen molar-refractivity contribution in [2.24, 2.45) is 0 Å². The SMILES string of the molecule is CC(=O)c1sc(NCC2CCCCS2)nc1C(=O)O. The van der Waals surface area contributed by atoms with Crippen LogP contribution < -0.4 is 5.32 Å². The number of aromatic carboxylic acids is 1. The van der Waals surface area contributed by atoms with Crippen molar-refractivity contribution in [3.05, 3.63) is 10.6 Å². The van der Waals surface area contributed by atoms with Gasteiger partial charge in [-0.05, 0) is 18.6 Å². The molecule has 2 heterocycles. The lowest BCUT2D eigenvalue weighted by molar-refractivity contribution is 0.0687. The first-order chi connectivity index (χ1) is 9.08. The first-order valence-corrected chi connectivity index (χ1v) is 8.05. The Morgan fingerprint density at radius 2 is 2.26 bits per heavy atom. The Morgan fingerprint density at radius 1 is 1.47 bits per heavy atom. The van der Waals surface area contributed by atoms with E-state index < -0.39 is 5.97 Å². The first kappa shape index (κ1) is 14.3. The number of hydrogen-bond donors (Lipinski definition) is 2.